The van der Waals surface area contributed by atoms with Gasteiger partial charge in [0, 0.05) is 23.8 Å². The van der Waals surface area contributed by atoms with Crippen LogP contribution in [-0.2, 0) is 4.74 Å². The summed E-state index contributed by atoms with van der Waals surface area (Å²) in [6.07, 6.45) is 1.41. The van der Waals surface area contributed by atoms with Crippen molar-refractivity contribution in [2.75, 3.05) is 20.3 Å². The van der Waals surface area contributed by atoms with E-state index in [-0.39, 0.29) is 0 Å². The van der Waals surface area contributed by atoms with Gasteiger partial charge in [0.25, 0.3) is 0 Å². The quantitative estimate of drug-likeness (QED) is 0.785. The Morgan fingerprint density at radius 3 is 2.65 bits per heavy atom. The Kier molecular flexibility index (Phi) is 6.55. The SMILES string of the molecule is COCCCCOc1cc(Br)ccc1[C@@H](C)O. The second-order valence-electron chi connectivity index (χ2n) is 3.91. The van der Waals surface area contributed by atoms with Crippen molar-refractivity contribution in [1.29, 1.82) is 0 Å². The molecule has 0 aromatic heterocycles. The highest BCUT2D eigenvalue weighted by molar-refractivity contribution is 9.10. The first kappa shape index (κ1) is 14.5. The zero-order valence-corrected chi connectivity index (χ0v) is 11.9. The van der Waals surface area contributed by atoms with Gasteiger partial charge < -0.3 is 14.6 Å². The topological polar surface area (TPSA) is 38.7 Å². The van der Waals surface area contributed by atoms with Gasteiger partial charge in [0.1, 0.15) is 5.75 Å². The maximum atomic E-state index is 9.62. The van der Waals surface area contributed by atoms with E-state index in [1.54, 1.807) is 14.0 Å². The van der Waals surface area contributed by atoms with Crippen LogP contribution in [0.5, 0.6) is 5.75 Å². The van der Waals surface area contributed by atoms with Crippen molar-refractivity contribution in [3.63, 3.8) is 0 Å². The molecule has 0 saturated carbocycles. The summed E-state index contributed by atoms with van der Waals surface area (Å²) in [6, 6.07) is 5.66. The molecule has 3 nitrogen and oxygen atoms in total. The molecule has 17 heavy (non-hydrogen) atoms. The standard InChI is InChI=1S/C13H19BrO3/c1-10(15)12-6-5-11(14)9-13(12)17-8-4-3-7-16-2/h5-6,9-10,15H,3-4,7-8H2,1-2H3/t10-/m1/s1. The number of unbranched alkanes of at least 4 members (excludes halogenated alkanes) is 1. The maximum Gasteiger partial charge on any atom is 0.126 e. The molecule has 1 rings (SSSR count). The molecule has 1 N–H and O–H groups in total. The number of rotatable bonds is 7. The van der Waals surface area contributed by atoms with Crippen LogP contribution in [0.4, 0.5) is 0 Å². The lowest BCUT2D eigenvalue weighted by Gasteiger charge is -2.13. The molecule has 0 unspecified atom stereocenters. The molecule has 0 aliphatic carbocycles. The van der Waals surface area contributed by atoms with Crippen molar-refractivity contribution in [2.24, 2.45) is 0 Å². The van der Waals surface area contributed by atoms with E-state index < -0.39 is 6.10 Å². The van der Waals surface area contributed by atoms with Crippen molar-refractivity contribution in [1.82, 2.24) is 0 Å². The van der Waals surface area contributed by atoms with Gasteiger partial charge in [-0.15, -0.1) is 0 Å². The van der Waals surface area contributed by atoms with E-state index in [1.165, 1.54) is 0 Å². The van der Waals surface area contributed by atoms with Crippen LogP contribution in [0.2, 0.25) is 0 Å². The molecule has 0 bridgehead atoms. The Morgan fingerprint density at radius 1 is 1.29 bits per heavy atom. The molecule has 96 valence electrons. The van der Waals surface area contributed by atoms with Crippen LogP contribution >= 0.6 is 15.9 Å². The summed E-state index contributed by atoms with van der Waals surface area (Å²) in [5.74, 6) is 0.742. The van der Waals surface area contributed by atoms with Crippen molar-refractivity contribution in [2.45, 2.75) is 25.9 Å². The minimum Gasteiger partial charge on any atom is -0.493 e. The van der Waals surface area contributed by atoms with Crippen LogP contribution in [0.3, 0.4) is 0 Å². The Morgan fingerprint density at radius 2 is 2.00 bits per heavy atom. The highest BCUT2D eigenvalue weighted by Crippen LogP contribution is 2.28. The normalized spacial score (nSPS) is 12.5. The van der Waals surface area contributed by atoms with Gasteiger partial charge >= 0.3 is 0 Å². The number of aliphatic hydroxyl groups is 1. The number of hydrogen-bond donors (Lipinski definition) is 1. The smallest absolute Gasteiger partial charge is 0.126 e. The molecular weight excluding hydrogens is 284 g/mol. The number of benzene rings is 1. The van der Waals surface area contributed by atoms with Gasteiger partial charge in [-0.25, -0.2) is 0 Å². The lowest BCUT2D eigenvalue weighted by atomic mass is 10.1. The predicted octanol–water partition coefficient (Wildman–Crippen LogP) is 3.31. The molecule has 1 aromatic carbocycles. The molecule has 0 amide bonds. The summed E-state index contributed by atoms with van der Waals surface area (Å²) in [6.45, 7) is 3.13. The van der Waals surface area contributed by atoms with Gasteiger partial charge in [-0.3, -0.25) is 0 Å². The summed E-state index contributed by atoms with van der Waals surface area (Å²) in [5.41, 5.74) is 0.819. The number of methoxy groups -OCH3 is 1. The van der Waals surface area contributed by atoms with Crippen LogP contribution in [0, 0.1) is 0 Å². The fourth-order valence-electron chi connectivity index (χ4n) is 1.51. The maximum absolute atomic E-state index is 9.62. The van der Waals surface area contributed by atoms with E-state index in [1.807, 2.05) is 18.2 Å². The fourth-order valence-corrected chi connectivity index (χ4v) is 1.85. The average molecular weight is 303 g/mol. The summed E-state index contributed by atoms with van der Waals surface area (Å²) in [5, 5.41) is 9.62. The minimum atomic E-state index is -0.517. The second kappa shape index (κ2) is 7.69. The van der Waals surface area contributed by atoms with Crippen LogP contribution in [-0.4, -0.2) is 25.4 Å². The van der Waals surface area contributed by atoms with Crippen molar-refractivity contribution in [3.05, 3.63) is 28.2 Å². The largest absolute Gasteiger partial charge is 0.493 e. The predicted molar refractivity (Wildman–Crippen MR) is 71.4 cm³/mol. The van der Waals surface area contributed by atoms with Crippen LogP contribution in [0.1, 0.15) is 31.4 Å². The third-order valence-corrected chi connectivity index (χ3v) is 2.92. The summed E-state index contributed by atoms with van der Waals surface area (Å²) < 4.78 is 11.6. The lowest BCUT2D eigenvalue weighted by molar-refractivity contribution is 0.178. The van der Waals surface area contributed by atoms with Gasteiger partial charge in [0.05, 0.1) is 12.7 Å². The molecule has 4 heteroatoms. The summed E-state index contributed by atoms with van der Waals surface area (Å²) in [7, 11) is 1.70. The average Bonchev–Trinajstić information content (AvgIpc) is 2.28. The first-order valence-electron chi connectivity index (χ1n) is 5.74. The Bertz CT molecular complexity index is 339. The number of hydrogen-bond acceptors (Lipinski definition) is 3. The van der Waals surface area contributed by atoms with Crippen molar-refractivity contribution < 1.29 is 14.6 Å². The molecule has 1 atom stereocenters. The van der Waals surface area contributed by atoms with Crippen LogP contribution in [0.25, 0.3) is 0 Å². The van der Waals surface area contributed by atoms with E-state index in [9.17, 15) is 5.11 Å². The van der Waals surface area contributed by atoms with E-state index in [0.717, 1.165) is 35.2 Å². The van der Waals surface area contributed by atoms with E-state index >= 15 is 0 Å². The van der Waals surface area contributed by atoms with Gasteiger partial charge in [-0.1, -0.05) is 22.0 Å². The Hall–Kier alpha value is -0.580. The van der Waals surface area contributed by atoms with Gasteiger partial charge in [-0.05, 0) is 31.9 Å². The molecule has 0 aliphatic heterocycles. The third kappa shape index (κ3) is 5.06. The van der Waals surface area contributed by atoms with Crippen LogP contribution < -0.4 is 4.74 Å². The number of halogens is 1. The van der Waals surface area contributed by atoms with Crippen LogP contribution in [0.15, 0.2) is 22.7 Å². The first-order valence-corrected chi connectivity index (χ1v) is 6.53. The van der Waals surface area contributed by atoms with E-state index in [2.05, 4.69) is 15.9 Å². The third-order valence-electron chi connectivity index (χ3n) is 2.43. The van der Waals surface area contributed by atoms with Gasteiger partial charge in [-0.2, -0.15) is 0 Å². The monoisotopic (exact) mass is 302 g/mol. The molecular formula is C13H19BrO3. The number of ether oxygens (including phenoxy) is 2. The highest BCUT2D eigenvalue weighted by Gasteiger charge is 2.09. The molecule has 0 radical (unpaired) electrons. The molecule has 0 spiro atoms. The highest BCUT2D eigenvalue weighted by atomic mass is 79.9. The second-order valence-corrected chi connectivity index (χ2v) is 4.82. The summed E-state index contributed by atoms with van der Waals surface area (Å²) >= 11 is 3.40. The zero-order valence-electron chi connectivity index (χ0n) is 10.3. The van der Waals surface area contributed by atoms with Crippen molar-refractivity contribution >= 4 is 15.9 Å². The molecule has 0 aliphatic rings. The fraction of sp³-hybridized carbons (Fsp3) is 0.538. The summed E-state index contributed by atoms with van der Waals surface area (Å²) in [4.78, 5) is 0. The van der Waals surface area contributed by atoms with Gasteiger partial charge in [0.2, 0.25) is 0 Å². The lowest BCUT2D eigenvalue weighted by Crippen LogP contribution is -2.03. The Labute approximate surface area is 111 Å². The molecule has 0 heterocycles. The minimum absolute atomic E-state index is 0.517. The first-order chi connectivity index (χ1) is 8.15. The van der Waals surface area contributed by atoms with Crippen molar-refractivity contribution in [3.8, 4) is 5.75 Å². The van der Waals surface area contributed by atoms with E-state index in [4.69, 9.17) is 9.47 Å². The van der Waals surface area contributed by atoms with E-state index in [0.29, 0.717) is 6.61 Å². The number of aliphatic hydroxyl groups excluding tert-OH is 1. The molecule has 0 fully saturated rings. The molecule has 0 saturated heterocycles. The Balaban J connectivity index is 2.53. The zero-order chi connectivity index (χ0) is 12.7. The molecule has 1 aromatic rings. The van der Waals surface area contributed by atoms with Gasteiger partial charge in [0.15, 0.2) is 0 Å².